The lowest BCUT2D eigenvalue weighted by atomic mass is 9.69. The number of aromatic amines is 1. The third-order valence-electron chi connectivity index (χ3n) is 7.82. The van der Waals surface area contributed by atoms with E-state index in [-0.39, 0.29) is 41.1 Å². The number of benzene rings is 2. The first-order valence-corrected chi connectivity index (χ1v) is 11.0. The molecule has 4 nitrogen and oxygen atoms in total. The number of hydrogen-bond donors (Lipinski definition) is 2. The topological polar surface area (TPSA) is 56.3 Å². The zero-order valence-corrected chi connectivity index (χ0v) is 17.4. The number of carbonyl (C=O) groups is 1. The van der Waals surface area contributed by atoms with Crippen molar-refractivity contribution in [2.75, 3.05) is 19.7 Å². The number of aliphatic hydroxyl groups excluding tert-OH is 1. The number of carbonyl (C=O) groups excluding carboxylic acids is 1. The van der Waals surface area contributed by atoms with Crippen molar-refractivity contribution in [1.82, 2.24) is 9.88 Å². The van der Waals surface area contributed by atoms with Gasteiger partial charge in [0.25, 0.3) is 0 Å². The Labute approximate surface area is 183 Å². The Hall–Kier alpha value is -2.80. The summed E-state index contributed by atoms with van der Waals surface area (Å²) in [7, 11) is 0. The molecule has 1 saturated heterocycles. The summed E-state index contributed by atoms with van der Waals surface area (Å²) >= 11 is 0. The van der Waals surface area contributed by atoms with E-state index in [4.69, 9.17) is 0 Å². The van der Waals surface area contributed by atoms with Crippen molar-refractivity contribution in [3.05, 3.63) is 59.4 Å². The van der Waals surface area contributed by atoms with Crippen molar-refractivity contribution in [1.29, 1.82) is 0 Å². The largest absolute Gasteiger partial charge is 0.396 e. The summed E-state index contributed by atoms with van der Waals surface area (Å²) in [6.07, 6.45) is 2.20. The summed E-state index contributed by atoms with van der Waals surface area (Å²) in [4.78, 5) is 18.0. The number of halogens is 3. The number of nitrogens with one attached hydrogen (secondary N) is 1. The second-order valence-corrected chi connectivity index (χ2v) is 9.74. The van der Waals surface area contributed by atoms with Gasteiger partial charge in [-0.15, -0.1) is 0 Å². The van der Waals surface area contributed by atoms with Crippen LogP contribution in [-0.2, 0) is 4.79 Å². The molecule has 2 heterocycles. The number of H-pyrrole nitrogens is 1. The minimum absolute atomic E-state index is 0.0251. The molecule has 0 spiro atoms. The van der Waals surface area contributed by atoms with Crippen molar-refractivity contribution in [2.24, 2.45) is 17.3 Å². The fourth-order valence-electron chi connectivity index (χ4n) is 5.83. The minimum Gasteiger partial charge on any atom is -0.396 e. The normalized spacial score (nSPS) is 28.6. The van der Waals surface area contributed by atoms with Crippen molar-refractivity contribution >= 4 is 16.8 Å². The fraction of sp³-hybridized carbons (Fsp3) is 0.400. The third-order valence-corrected chi connectivity index (χ3v) is 7.82. The highest BCUT2D eigenvalue weighted by molar-refractivity contribution is 5.92. The first kappa shape index (κ1) is 19.9. The molecule has 1 aliphatic heterocycles. The molecule has 2 aliphatic carbocycles. The molecule has 7 heteroatoms. The zero-order valence-electron chi connectivity index (χ0n) is 17.4. The van der Waals surface area contributed by atoms with Gasteiger partial charge >= 0.3 is 0 Å². The Morgan fingerprint density at radius 3 is 2.56 bits per heavy atom. The molecule has 0 radical (unpaired) electrons. The standard InChI is InChI=1S/C25H23F3N2O2/c26-17-3-1-13(2-4-17)22-21(19-7-18(27)8-20(28)23(19)29-22)14-5-15(6-14)24(32)30-10-16-9-25(16,11-30)12-31/h1-4,7-8,14-16,29,31H,5-6,9-12H2/t14-,15-,16-,25+/m1/s1. The summed E-state index contributed by atoms with van der Waals surface area (Å²) in [5.41, 5.74) is 2.25. The van der Waals surface area contributed by atoms with Crippen LogP contribution in [0.2, 0.25) is 0 Å². The van der Waals surface area contributed by atoms with Gasteiger partial charge < -0.3 is 15.0 Å². The molecule has 32 heavy (non-hydrogen) atoms. The van der Waals surface area contributed by atoms with E-state index in [1.807, 2.05) is 4.90 Å². The van der Waals surface area contributed by atoms with Gasteiger partial charge in [0.1, 0.15) is 17.5 Å². The lowest BCUT2D eigenvalue weighted by Gasteiger charge is -2.38. The van der Waals surface area contributed by atoms with E-state index in [1.54, 1.807) is 12.1 Å². The lowest BCUT2D eigenvalue weighted by molar-refractivity contribution is -0.138. The van der Waals surface area contributed by atoms with Gasteiger partial charge in [-0.1, -0.05) is 0 Å². The number of aliphatic hydroxyl groups is 1. The average Bonchev–Trinajstić information content (AvgIpc) is 3.09. The molecular weight excluding hydrogens is 417 g/mol. The summed E-state index contributed by atoms with van der Waals surface area (Å²) in [6.45, 7) is 1.46. The van der Waals surface area contributed by atoms with Gasteiger partial charge in [0.2, 0.25) is 5.91 Å². The van der Waals surface area contributed by atoms with Crippen molar-refractivity contribution in [3.8, 4) is 11.3 Å². The highest BCUT2D eigenvalue weighted by atomic mass is 19.1. The molecule has 0 unspecified atom stereocenters. The molecular formula is C25H23F3N2O2. The van der Waals surface area contributed by atoms with E-state index in [0.717, 1.165) is 18.1 Å². The predicted octanol–water partition coefficient (Wildman–Crippen LogP) is 4.59. The number of hydrogen-bond acceptors (Lipinski definition) is 2. The number of fused-ring (bicyclic) bond motifs is 2. The van der Waals surface area contributed by atoms with Crippen LogP contribution in [0, 0.1) is 34.7 Å². The van der Waals surface area contributed by atoms with Crippen LogP contribution in [0.15, 0.2) is 36.4 Å². The second kappa shape index (κ2) is 6.85. The van der Waals surface area contributed by atoms with Gasteiger partial charge in [-0.05, 0) is 72.6 Å². The number of amides is 1. The molecule has 2 aromatic carbocycles. The first-order valence-electron chi connectivity index (χ1n) is 11.0. The SMILES string of the molecule is O=C([C@H]1C[C@H](c2c(-c3ccc(F)cc3)[nH]c3c(F)cc(F)cc32)C1)N1C[C@H]2C[C@@]2(CO)C1. The molecule has 2 atom stereocenters. The Morgan fingerprint density at radius 2 is 1.88 bits per heavy atom. The van der Waals surface area contributed by atoms with Gasteiger partial charge in [0.15, 0.2) is 0 Å². The van der Waals surface area contributed by atoms with Gasteiger partial charge in [0, 0.05) is 35.9 Å². The third kappa shape index (κ3) is 2.90. The molecule has 1 aromatic heterocycles. The molecule has 3 fully saturated rings. The Morgan fingerprint density at radius 1 is 1.12 bits per heavy atom. The second-order valence-electron chi connectivity index (χ2n) is 9.74. The van der Waals surface area contributed by atoms with Crippen LogP contribution in [0.1, 0.15) is 30.7 Å². The molecule has 3 aromatic rings. The fourth-order valence-corrected chi connectivity index (χ4v) is 5.83. The number of piperidine rings is 1. The highest BCUT2D eigenvalue weighted by Crippen LogP contribution is 2.58. The van der Waals surface area contributed by atoms with Crippen LogP contribution in [0.5, 0.6) is 0 Å². The van der Waals surface area contributed by atoms with Crippen molar-refractivity contribution in [3.63, 3.8) is 0 Å². The monoisotopic (exact) mass is 440 g/mol. The van der Waals surface area contributed by atoms with E-state index in [0.29, 0.717) is 48.5 Å². The van der Waals surface area contributed by atoms with Crippen LogP contribution in [0.3, 0.4) is 0 Å². The van der Waals surface area contributed by atoms with E-state index in [9.17, 15) is 23.1 Å². The number of aromatic nitrogens is 1. The maximum atomic E-state index is 14.5. The molecule has 1 amide bonds. The van der Waals surface area contributed by atoms with Crippen molar-refractivity contribution in [2.45, 2.75) is 25.2 Å². The van der Waals surface area contributed by atoms with Gasteiger partial charge in [-0.3, -0.25) is 4.79 Å². The van der Waals surface area contributed by atoms with Crippen molar-refractivity contribution < 1.29 is 23.1 Å². The molecule has 2 N–H and O–H groups in total. The minimum atomic E-state index is -0.674. The summed E-state index contributed by atoms with van der Waals surface area (Å²) in [6, 6.07) is 8.08. The first-order chi connectivity index (χ1) is 15.4. The van der Waals surface area contributed by atoms with E-state index >= 15 is 0 Å². The van der Waals surface area contributed by atoms with Crippen LogP contribution in [0.25, 0.3) is 22.2 Å². The maximum Gasteiger partial charge on any atom is 0.225 e. The molecule has 0 bridgehead atoms. The smallest absolute Gasteiger partial charge is 0.225 e. The summed E-state index contributed by atoms with van der Waals surface area (Å²) in [5.74, 6) is -1.33. The zero-order chi connectivity index (χ0) is 22.2. The van der Waals surface area contributed by atoms with E-state index in [2.05, 4.69) is 4.98 Å². The molecule has 6 rings (SSSR count). The molecule has 166 valence electrons. The van der Waals surface area contributed by atoms with Gasteiger partial charge in [-0.25, -0.2) is 13.2 Å². The maximum absolute atomic E-state index is 14.5. The Bertz CT molecular complexity index is 1230. The van der Waals surface area contributed by atoms with Crippen LogP contribution < -0.4 is 0 Å². The Balaban J connectivity index is 1.30. The van der Waals surface area contributed by atoms with Gasteiger partial charge in [0.05, 0.1) is 17.8 Å². The summed E-state index contributed by atoms with van der Waals surface area (Å²) in [5, 5.41) is 10.1. The van der Waals surface area contributed by atoms with Crippen LogP contribution in [0.4, 0.5) is 13.2 Å². The number of likely N-dealkylation sites (tertiary alicyclic amines) is 1. The van der Waals surface area contributed by atoms with Gasteiger partial charge in [-0.2, -0.15) is 0 Å². The van der Waals surface area contributed by atoms with Crippen LogP contribution in [-0.4, -0.2) is 40.6 Å². The summed E-state index contributed by atoms with van der Waals surface area (Å²) < 4.78 is 42.0. The quantitative estimate of drug-likeness (QED) is 0.624. The molecule has 2 saturated carbocycles. The predicted molar refractivity (Wildman–Crippen MR) is 113 cm³/mol. The number of rotatable bonds is 4. The average molecular weight is 440 g/mol. The van der Waals surface area contributed by atoms with E-state index in [1.165, 1.54) is 18.2 Å². The Kier molecular flexibility index (Phi) is 4.25. The lowest BCUT2D eigenvalue weighted by Crippen LogP contribution is -2.41. The van der Waals surface area contributed by atoms with Crippen LogP contribution >= 0.6 is 0 Å². The molecule has 3 aliphatic rings. The number of nitrogens with zero attached hydrogens (tertiary/aromatic N) is 1. The highest BCUT2D eigenvalue weighted by Gasteiger charge is 2.61. The van der Waals surface area contributed by atoms with E-state index < -0.39 is 11.6 Å².